The van der Waals surface area contributed by atoms with E-state index < -0.39 is 0 Å². The number of nitrogens with zero attached hydrogens (tertiary/aromatic N) is 5. The van der Waals surface area contributed by atoms with Crippen LogP contribution >= 0.6 is 0 Å². The topological polar surface area (TPSA) is 54.3 Å². The fourth-order valence-corrected chi connectivity index (χ4v) is 4.15. The molecule has 0 spiro atoms. The summed E-state index contributed by atoms with van der Waals surface area (Å²) in [5, 5.41) is 4.35. The molecule has 6 nitrogen and oxygen atoms in total. The predicted octanol–water partition coefficient (Wildman–Crippen LogP) is 2.53. The lowest BCUT2D eigenvalue weighted by Crippen LogP contribution is -2.43. The van der Waals surface area contributed by atoms with Crippen LogP contribution < -0.4 is 0 Å². The number of hydrogen-bond donors (Lipinski definition) is 0. The molecule has 1 fully saturated rings. The first-order valence-electron chi connectivity index (χ1n) is 9.39. The molecule has 0 aromatic carbocycles. The first-order chi connectivity index (χ1) is 12.5. The van der Waals surface area contributed by atoms with Gasteiger partial charge >= 0.3 is 0 Å². The van der Waals surface area contributed by atoms with Gasteiger partial charge in [0.2, 0.25) is 0 Å². The Morgan fingerprint density at radius 2 is 2.12 bits per heavy atom. The number of carbonyl (C=O) groups excluding carboxylic acids is 1. The second kappa shape index (κ2) is 7.99. The van der Waals surface area contributed by atoms with Crippen LogP contribution in [0.5, 0.6) is 0 Å². The van der Waals surface area contributed by atoms with E-state index in [0.29, 0.717) is 5.92 Å². The fraction of sp³-hybridized carbons (Fsp3) is 0.550. The Balaban J connectivity index is 1.79. The molecule has 1 aliphatic rings. The average Bonchev–Trinajstić information content (AvgIpc) is 3.06. The first kappa shape index (κ1) is 18.6. The Bertz CT molecular complexity index is 756. The van der Waals surface area contributed by atoms with Gasteiger partial charge in [-0.1, -0.05) is 6.92 Å². The third kappa shape index (κ3) is 3.65. The maximum Gasteiger partial charge on any atom is 0.253 e. The van der Waals surface area contributed by atoms with E-state index in [1.54, 1.807) is 12.4 Å². The van der Waals surface area contributed by atoms with E-state index in [0.717, 1.165) is 43.5 Å². The molecule has 0 aliphatic carbocycles. The summed E-state index contributed by atoms with van der Waals surface area (Å²) in [5.41, 5.74) is 3.00. The number of rotatable bonds is 5. The Morgan fingerprint density at radius 3 is 2.81 bits per heavy atom. The van der Waals surface area contributed by atoms with Crippen LogP contribution in [0.25, 0.3) is 0 Å². The summed E-state index contributed by atoms with van der Waals surface area (Å²) in [7, 11) is 6.08. The Kier molecular flexibility index (Phi) is 5.71. The number of aryl methyl sites for hydroxylation is 2. The normalized spacial score (nSPS) is 20.9. The van der Waals surface area contributed by atoms with Gasteiger partial charge in [-0.25, -0.2) is 0 Å². The highest BCUT2D eigenvalue weighted by molar-refractivity contribution is 5.95. The van der Waals surface area contributed by atoms with E-state index in [9.17, 15) is 4.79 Å². The van der Waals surface area contributed by atoms with Crippen LogP contribution in [0.15, 0.2) is 30.7 Å². The quantitative estimate of drug-likeness (QED) is 0.827. The van der Waals surface area contributed by atoms with Crippen molar-refractivity contribution in [2.24, 2.45) is 13.0 Å². The van der Waals surface area contributed by atoms with Crippen molar-refractivity contribution < 1.29 is 4.79 Å². The van der Waals surface area contributed by atoms with E-state index in [1.807, 2.05) is 35.9 Å². The number of likely N-dealkylation sites (tertiary alicyclic amines) is 1. The highest BCUT2D eigenvalue weighted by atomic mass is 16.2. The van der Waals surface area contributed by atoms with Gasteiger partial charge in [0.1, 0.15) is 0 Å². The molecular formula is C20H29N5O. The largest absolute Gasteiger partial charge is 0.341 e. The Labute approximate surface area is 155 Å². The minimum absolute atomic E-state index is 0.0845. The van der Waals surface area contributed by atoms with E-state index >= 15 is 0 Å². The number of hydrogen-bond acceptors (Lipinski definition) is 4. The minimum atomic E-state index is 0.0845. The summed E-state index contributed by atoms with van der Waals surface area (Å²) in [5.74, 6) is 0.478. The molecule has 2 aromatic heterocycles. The molecule has 0 unspecified atom stereocenters. The third-order valence-electron chi connectivity index (χ3n) is 5.54. The SMILES string of the molecule is CCc1cnccc1C(=O)N(C)C[C@@H]1CCCN(C)[C@H]1c1ccnn1C. The summed E-state index contributed by atoms with van der Waals surface area (Å²) < 4.78 is 1.96. The molecule has 1 aliphatic heterocycles. The zero-order chi connectivity index (χ0) is 18.7. The van der Waals surface area contributed by atoms with Crippen LogP contribution in [0.1, 0.15) is 47.4 Å². The van der Waals surface area contributed by atoms with Crippen LogP contribution in [0, 0.1) is 5.92 Å². The number of aromatic nitrogens is 3. The maximum absolute atomic E-state index is 13.0. The molecule has 1 amide bonds. The second-order valence-electron chi connectivity index (χ2n) is 7.28. The summed E-state index contributed by atoms with van der Waals surface area (Å²) in [6, 6.07) is 4.22. The van der Waals surface area contributed by atoms with E-state index in [4.69, 9.17) is 0 Å². The molecule has 0 saturated carbocycles. The fourth-order valence-electron chi connectivity index (χ4n) is 4.15. The standard InChI is InChI=1S/C20H29N5O/c1-5-15-13-21-10-8-17(15)20(26)24(3)14-16-7-6-12-23(2)19(16)18-9-11-22-25(18)4/h8-11,13,16,19H,5-7,12,14H2,1-4H3/t16-,19+/m0/s1. The van der Waals surface area contributed by atoms with Gasteiger partial charge in [0.15, 0.2) is 0 Å². The molecule has 3 rings (SSSR count). The monoisotopic (exact) mass is 355 g/mol. The van der Waals surface area contributed by atoms with Gasteiger partial charge in [-0.3, -0.25) is 19.4 Å². The summed E-state index contributed by atoms with van der Waals surface area (Å²) in [4.78, 5) is 21.4. The molecule has 2 aromatic rings. The zero-order valence-electron chi connectivity index (χ0n) is 16.2. The van der Waals surface area contributed by atoms with Gasteiger partial charge in [0, 0.05) is 44.8 Å². The van der Waals surface area contributed by atoms with Crippen molar-refractivity contribution >= 4 is 5.91 Å². The Morgan fingerprint density at radius 1 is 1.31 bits per heavy atom. The van der Waals surface area contributed by atoms with Crippen LogP contribution in [-0.4, -0.2) is 57.7 Å². The molecule has 140 valence electrons. The molecular weight excluding hydrogens is 326 g/mol. The lowest BCUT2D eigenvalue weighted by molar-refractivity contribution is 0.0629. The van der Waals surface area contributed by atoms with E-state index in [2.05, 4.69) is 35.0 Å². The number of piperidine rings is 1. The van der Waals surface area contributed by atoms with Crippen LogP contribution in [-0.2, 0) is 13.5 Å². The van der Waals surface area contributed by atoms with Crippen molar-refractivity contribution in [3.05, 3.63) is 47.5 Å². The highest BCUT2D eigenvalue weighted by Gasteiger charge is 2.34. The van der Waals surface area contributed by atoms with Gasteiger partial charge in [-0.05, 0) is 56.5 Å². The lowest BCUT2D eigenvalue weighted by Gasteiger charge is -2.40. The van der Waals surface area contributed by atoms with Crippen molar-refractivity contribution in [1.82, 2.24) is 24.6 Å². The minimum Gasteiger partial charge on any atom is -0.341 e. The lowest BCUT2D eigenvalue weighted by atomic mass is 9.86. The van der Waals surface area contributed by atoms with Crippen LogP contribution in [0.3, 0.4) is 0 Å². The van der Waals surface area contributed by atoms with E-state index in [-0.39, 0.29) is 11.9 Å². The number of amides is 1. The number of pyridine rings is 1. The van der Waals surface area contributed by atoms with Gasteiger partial charge in [-0.15, -0.1) is 0 Å². The molecule has 3 heterocycles. The van der Waals surface area contributed by atoms with Gasteiger partial charge in [0.25, 0.3) is 5.91 Å². The summed E-state index contributed by atoms with van der Waals surface area (Å²) in [6.45, 7) is 3.88. The van der Waals surface area contributed by atoms with E-state index in [1.165, 1.54) is 5.69 Å². The molecule has 2 atom stereocenters. The molecule has 0 bridgehead atoms. The molecule has 1 saturated heterocycles. The molecule has 26 heavy (non-hydrogen) atoms. The van der Waals surface area contributed by atoms with Gasteiger partial charge in [0.05, 0.1) is 11.7 Å². The van der Waals surface area contributed by atoms with Crippen LogP contribution in [0.4, 0.5) is 0 Å². The summed E-state index contributed by atoms with van der Waals surface area (Å²) >= 11 is 0. The van der Waals surface area contributed by atoms with Crippen molar-refractivity contribution in [2.45, 2.75) is 32.2 Å². The number of carbonyl (C=O) groups is 1. The van der Waals surface area contributed by atoms with Crippen molar-refractivity contribution in [1.29, 1.82) is 0 Å². The van der Waals surface area contributed by atoms with Crippen LogP contribution in [0.2, 0.25) is 0 Å². The zero-order valence-corrected chi connectivity index (χ0v) is 16.2. The highest BCUT2D eigenvalue weighted by Crippen LogP contribution is 2.35. The smallest absolute Gasteiger partial charge is 0.253 e. The molecule has 0 N–H and O–H groups in total. The Hall–Kier alpha value is -2.21. The van der Waals surface area contributed by atoms with Gasteiger partial charge < -0.3 is 4.90 Å². The predicted molar refractivity (Wildman–Crippen MR) is 102 cm³/mol. The maximum atomic E-state index is 13.0. The first-order valence-corrected chi connectivity index (χ1v) is 9.39. The molecule has 0 radical (unpaired) electrons. The average molecular weight is 355 g/mol. The van der Waals surface area contributed by atoms with Crippen molar-refractivity contribution in [2.75, 3.05) is 27.2 Å². The van der Waals surface area contributed by atoms with Gasteiger partial charge in [-0.2, -0.15) is 5.10 Å². The second-order valence-corrected chi connectivity index (χ2v) is 7.28. The summed E-state index contributed by atoms with van der Waals surface area (Å²) in [6.07, 6.45) is 8.45. The third-order valence-corrected chi connectivity index (χ3v) is 5.54. The van der Waals surface area contributed by atoms with Crippen molar-refractivity contribution in [3.8, 4) is 0 Å². The molecule has 6 heteroatoms. The van der Waals surface area contributed by atoms with Crippen molar-refractivity contribution in [3.63, 3.8) is 0 Å².